The predicted octanol–water partition coefficient (Wildman–Crippen LogP) is 1.57. The zero-order valence-corrected chi connectivity index (χ0v) is 13.7. The number of nitrogens with zero attached hydrogens (tertiary/aromatic N) is 1. The van der Waals surface area contributed by atoms with E-state index in [2.05, 4.69) is 11.2 Å². The summed E-state index contributed by atoms with van der Waals surface area (Å²) >= 11 is 0. The highest BCUT2D eigenvalue weighted by molar-refractivity contribution is 5.80. The molecule has 0 saturated heterocycles. The highest BCUT2D eigenvalue weighted by Gasteiger charge is 2.26. The largest absolute Gasteiger partial charge is 0.465 e. The van der Waals surface area contributed by atoms with E-state index in [0.717, 1.165) is 6.42 Å². The Labute approximate surface area is 128 Å². The number of rotatable bonds is 10. The third kappa shape index (κ3) is 7.14. The molecule has 0 bridgehead atoms. The van der Waals surface area contributed by atoms with Gasteiger partial charge in [-0.05, 0) is 32.7 Å². The fourth-order valence-electron chi connectivity index (χ4n) is 2.10. The van der Waals surface area contributed by atoms with E-state index in [9.17, 15) is 9.59 Å². The average Bonchev–Trinajstić information content (AvgIpc) is 2.45. The average molecular weight is 296 g/mol. The second-order valence-electron chi connectivity index (χ2n) is 5.00. The van der Waals surface area contributed by atoms with Crippen LogP contribution in [0.2, 0.25) is 0 Å². The van der Waals surface area contributed by atoms with Gasteiger partial charge < -0.3 is 10.1 Å². The molecule has 21 heavy (non-hydrogen) atoms. The van der Waals surface area contributed by atoms with Gasteiger partial charge in [0.05, 0.1) is 19.7 Å². The van der Waals surface area contributed by atoms with Crippen LogP contribution in [0.3, 0.4) is 0 Å². The van der Waals surface area contributed by atoms with Gasteiger partial charge in [-0.25, -0.2) is 0 Å². The number of amides is 1. The summed E-state index contributed by atoms with van der Waals surface area (Å²) in [7, 11) is 0. The molecule has 0 heterocycles. The summed E-state index contributed by atoms with van der Waals surface area (Å²) in [5, 5.41) is 2.90. The van der Waals surface area contributed by atoms with Gasteiger partial charge in [-0.1, -0.05) is 26.7 Å². The SMILES string of the molecule is C#CC(CC)(CC)NC(=O)CN(CCC)CC(=O)OCC. The standard InChI is InChI=1S/C16H28N2O3/c1-6-11-18(13-15(20)21-10-5)12-14(19)17-16(7-2,8-3)9-4/h2H,6,8-13H2,1,3-5H3,(H,17,19). The third-order valence-electron chi connectivity index (χ3n) is 3.43. The van der Waals surface area contributed by atoms with Crippen molar-refractivity contribution in [2.45, 2.75) is 52.5 Å². The van der Waals surface area contributed by atoms with Crippen molar-refractivity contribution < 1.29 is 14.3 Å². The summed E-state index contributed by atoms with van der Waals surface area (Å²) < 4.78 is 4.92. The number of esters is 1. The Hall–Kier alpha value is -1.54. The maximum atomic E-state index is 12.2. The molecule has 0 aromatic heterocycles. The van der Waals surface area contributed by atoms with Crippen molar-refractivity contribution in [3.8, 4) is 12.3 Å². The minimum absolute atomic E-state index is 0.121. The predicted molar refractivity (Wildman–Crippen MR) is 83.7 cm³/mol. The molecular formula is C16H28N2O3. The Morgan fingerprint density at radius 3 is 2.24 bits per heavy atom. The summed E-state index contributed by atoms with van der Waals surface area (Å²) in [5.41, 5.74) is -0.598. The summed E-state index contributed by atoms with van der Waals surface area (Å²) in [5.74, 6) is 2.20. The van der Waals surface area contributed by atoms with Crippen LogP contribution in [0.25, 0.3) is 0 Å². The monoisotopic (exact) mass is 296 g/mol. The smallest absolute Gasteiger partial charge is 0.320 e. The molecule has 0 aliphatic heterocycles. The van der Waals surface area contributed by atoms with Crippen molar-refractivity contribution in [2.24, 2.45) is 0 Å². The van der Waals surface area contributed by atoms with Gasteiger partial charge in [-0.15, -0.1) is 6.42 Å². The van der Waals surface area contributed by atoms with Crippen LogP contribution < -0.4 is 5.32 Å². The maximum absolute atomic E-state index is 12.2. The number of carbonyl (C=O) groups is 2. The Bertz CT molecular complexity index is 370. The molecular weight excluding hydrogens is 268 g/mol. The van der Waals surface area contributed by atoms with Crippen LogP contribution in [0, 0.1) is 12.3 Å². The molecule has 0 spiro atoms. The molecule has 120 valence electrons. The summed E-state index contributed by atoms with van der Waals surface area (Å²) in [6, 6.07) is 0. The summed E-state index contributed by atoms with van der Waals surface area (Å²) in [6.45, 7) is 8.94. The van der Waals surface area contributed by atoms with Crippen LogP contribution >= 0.6 is 0 Å². The van der Waals surface area contributed by atoms with E-state index in [-0.39, 0.29) is 25.0 Å². The summed E-state index contributed by atoms with van der Waals surface area (Å²) in [4.78, 5) is 25.5. The highest BCUT2D eigenvalue weighted by Crippen LogP contribution is 2.13. The molecule has 0 aromatic rings. The summed E-state index contributed by atoms with van der Waals surface area (Å²) in [6.07, 6.45) is 7.75. The van der Waals surface area contributed by atoms with Crippen LogP contribution in [0.15, 0.2) is 0 Å². The molecule has 0 aliphatic rings. The van der Waals surface area contributed by atoms with Crippen molar-refractivity contribution >= 4 is 11.9 Å². The first-order chi connectivity index (χ1) is 9.96. The maximum Gasteiger partial charge on any atom is 0.320 e. The van der Waals surface area contributed by atoms with E-state index in [1.165, 1.54) is 0 Å². The molecule has 0 unspecified atom stereocenters. The van der Waals surface area contributed by atoms with Crippen LogP contribution in [-0.2, 0) is 14.3 Å². The molecule has 5 nitrogen and oxygen atoms in total. The van der Waals surface area contributed by atoms with E-state index >= 15 is 0 Å². The van der Waals surface area contributed by atoms with Crippen molar-refractivity contribution in [1.82, 2.24) is 10.2 Å². The second kappa shape index (κ2) is 10.2. The lowest BCUT2D eigenvalue weighted by Crippen LogP contribution is -2.50. The Morgan fingerprint density at radius 2 is 1.81 bits per heavy atom. The molecule has 0 aromatic carbocycles. The van der Waals surface area contributed by atoms with E-state index in [1.54, 1.807) is 11.8 Å². The van der Waals surface area contributed by atoms with Gasteiger partial charge in [0.2, 0.25) is 5.91 Å². The number of ether oxygens (including phenoxy) is 1. The minimum Gasteiger partial charge on any atom is -0.465 e. The van der Waals surface area contributed by atoms with Gasteiger partial charge in [0.25, 0.3) is 0 Å². The molecule has 0 atom stereocenters. The minimum atomic E-state index is -0.598. The Balaban J connectivity index is 4.60. The van der Waals surface area contributed by atoms with E-state index in [4.69, 9.17) is 11.2 Å². The zero-order chi connectivity index (χ0) is 16.3. The van der Waals surface area contributed by atoms with Crippen LogP contribution in [0.4, 0.5) is 0 Å². The molecule has 1 N–H and O–H groups in total. The van der Waals surface area contributed by atoms with E-state index in [0.29, 0.717) is 26.0 Å². The van der Waals surface area contributed by atoms with Crippen molar-refractivity contribution in [1.29, 1.82) is 0 Å². The normalized spacial score (nSPS) is 11.0. The molecule has 0 saturated carbocycles. The van der Waals surface area contributed by atoms with E-state index in [1.807, 2.05) is 20.8 Å². The molecule has 0 rings (SSSR count). The quantitative estimate of drug-likeness (QED) is 0.491. The topological polar surface area (TPSA) is 58.6 Å². The zero-order valence-electron chi connectivity index (χ0n) is 13.7. The van der Waals surface area contributed by atoms with Crippen LogP contribution in [0.1, 0.15) is 47.0 Å². The van der Waals surface area contributed by atoms with Gasteiger partial charge in [0.15, 0.2) is 0 Å². The lowest BCUT2D eigenvalue weighted by Gasteiger charge is -2.29. The number of carbonyl (C=O) groups excluding carboxylic acids is 2. The van der Waals surface area contributed by atoms with Gasteiger partial charge in [0, 0.05) is 0 Å². The fourth-order valence-corrected chi connectivity index (χ4v) is 2.10. The number of hydrogen-bond donors (Lipinski definition) is 1. The van der Waals surface area contributed by atoms with Crippen LogP contribution in [0.5, 0.6) is 0 Å². The molecule has 0 aliphatic carbocycles. The molecule has 1 amide bonds. The van der Waals surface area contributed by atoms with Gasteiger partial charge in [-0.2, -0.15) is 0 Å². The molecule has 0 fully saturated rings. The van der Waals surface area contributed by atoms with Gasteiger partial charge in [0.1, 0.15) is 5.54 Å². The number of nitrogens with one attached hydrogen (secondary N) is 1. The Kier molecular flexibility index (Phi) is 9.48. The van der Waals surface area contributed by atoms with Gasteiger partial charge in [-0.3, -0.25) is 14.5 Å². The lowest BCUT2D eigenvalue weighted by atomic mass is 9.94. The molecule has 0 radical (unpaired) electrons. The van der Waals surface area contributed by atoms with Crippen molar-refractivity contribution in [2.75, 3.05) is 26.2 Å². The van der Waals surface area contributed by atoms with Crippen LogP contribution in [-0.4, -0.2) is 48.6 Å². The first-order valence-electron chi connectivity index (χ1n) is 7.63. The number of hydrogen-bond acceptors (Lipinski definition) is 4. The Morgan fingerprint density at radius 1 is 1.19 bits per heavy atom. The lowest BCUT2D eigenvalue weighted by molar-refractivity contribution is -0.144. The van der Waals surface area contributed by atoms with E-state index < -0.39 is 5.54 Å². The molecule has 5 heteroatoms. The highest BCUT2D eigenvalue weighted by atomic mass is 16.5. The second-order valence-corrected chi connectivity index (χ2v) is 5.00. The van der Waals surface area contributed by atoms with Crippen molar-refractivity contribution in [3.05, 3.63) is 0 Å². The third-order valence-corrected chi connectivity index (χ3v) is 3.43. The first kappa shape index (κ1) is 19.5. The van der Waals surface area contributed by atoms with Crippen molar-refractivity contribution in [3.63, 3.8) is 0 Å². The number of terminal acetylenes is 1. The first-order valence-corrected chi connectivity index (χ1v) is 7.63. The fraction of sp³-hybridized carbons (Fsp3) is 0.750. The van der Waals surface area contributed by atoms with Gasteiger partial charge >= 0.3 is 5.97 Å².